The van der Waals surface area contributed by atoms with Gasteiger partial charge in [0.15, 0.2) is 11.5 Å². The summed E-state index contributed by atoms with van der Waals surface area (Å²) in [6, 6.07) is 18.4. The molecule has 12 heteroatoms. The first-order valence-electron chi connectivity index (χ1n) is 16.1. The van der Waals surface area contributed by atoms with Crippen molar-refractivity contribution in [2.24, 2.45) is 0 Å². The van der Waals surface area contributed by atoms with Crippen molar-refractivity contribution in [3.05, 3.63) is 76.9 Å². The minimum absolute atomic E-state index is 0.0247. The predicted molar refractivity (Wildman–Crippen MR) is 207 cm³/mol. The zero-order valence-electron chi connectivity index (χ0n) is 28.4. The van der Waals surface area contributed by atoms with E-state index in [4.69, 9.17) is 23.7 Å². The van der Waals surface area contributed by atoms with Crippen molar-refractivity contribution in [1.82, 2.24) is 0 Å². The number of hydrogen-bond acceptors (Lipinski definition) is 10. The maximum atomic E-state index is 13.7. The van der Waals surface area contributed by atoms with Gasteiger partial charge in [0.25, 0.3) is 5.91 Å². The lowest BCUT2D eigenvalue weighted by atomic mass is 10.1. The van der Waals surface area contributed by atoms with Gasteiger partial charge in [-0.2, -0.15) is 0 Å². The number of halogens is 1. The molecule has 1 amide bonds. The van der Waals surface area contributed by atoms with E-state index in [-0.39, 0.29) is 16.8 Å². The molecular weight excluding hydrogens is 761 g/mol. The molecular formula is C36H46IN3O6S2. The molecule has 0 aromatic heterocycles. The van der Waals surface area contributed by atoms with Crippen LogP contribution in [0.3, 0.4) is 0 Å². The number of nitrogens with zero attached hydrogens (tertiary/aromatic N) is 2. The molecule has 0 spiro atoms. The lowest BCUT2D eigenvalue weighted by Crippen LogP contribution is -2.46. The van der Waals surface area contributed by atoms with Crippen LogP contribution >= 0.6 is 44.2 Å². The third-order valence-electron chi connectivity index (χ3n) is 8.19. The zero-order chi connectivity index (χ0) is 34.1. The van der Waals surface area contributed by atoms with Gasteiger partial charge in [0.2, 0.25) is 0 Å². The molecule has 3 aromatic carbocycles. The average Bonchev–Trinajstić information content (AvgIpc) is 3.46. The van der Waals surface area contributed by atoms with Crippen molar-refractivity contribution in [3.8, 4) is 11.5 Å². The van der Waals surface area contributed by atoms with Crippen LogP contribution in [0, 0.1) is 0 Å². The van der Waals surface area contributed by atoms with Gasteiger partial charge < -0.3 is 33.9 Å². The molecule has 1 atom stereocenters. The van der Waals surface area contributed by atoms with Crippen molar-refractivity contribution in [1.29, 1.82) is 0 Å². The topological polar surface area (TPSA) is 81.7 Å². The number of amides is 1. The van der Waals surface area contributed by atoms with Gasteiger partial charge in [-0.15, -0.1) is 0 Å². The summed E-state index contributed by atoms with van der Waals surface area (Å²) < 4.78 is 29.6. The van der Waals surface area contributed by atoms with Gasteiger partial charge in [0, 0.05) is 53.2 Å². The number of carbonyl (C=O) groups is 1. The Morgan fingerprint density at radius 1 is 0.979 bits per heavy atom. The quantitative estimate of drug-likeness (QED) is 0.0572. The van der Waals surface area contributed by atoms with Gasteiger partial charge in [0.05, 0.1) is 51.4 Å². The Kier molecular flexibility index (Phi) is 13.5. The molecule has 0 aliphatic carbocycles. The van der Waals surface area contributed by atoms with Crippen LogP contribution in [0.5, 0.6) is 11.5 Å². The van der Waals surface area contributed by atoms with E-state index in [9.17, 15) is 4.79 Å². The molecule has 0 radical (unpaired) electrons. The number of para-hydroxylation sites is 1. The summed E-state index contributed by atoms with van der Waals surface area (Å²) >= 11 is 2.42. The third-order valence-corrected chi connectivity index (χ3v) is 11.7. The second-order valence-electron chi connectivity index (χ2n) is 12.3. The molecule has 5 rings (SSSR count). The summed E-state index contributed by atoms with van der Waals surface area (Å²) in [6.45, 7) is 9.36. The smallest absolute Gasteiger partial charge is 0.262 e. The minimum atomic E-state index is -0.127. The fourth-order valence-electron chi connectivity index (χ4n) is 6.09. The van der Waals surface area contributed by atoms with Crippen LogP contribution in [-0.2, 0) is 31.7 Å². The summed E-state index contributed by atoms with van der Waals surface area (Å²) in [6.07, 6.45) is 2.75. The van der Waals surface area contributed by atoms with Crippen LogP contribution in [0.1, 0.15) is 40.9 Å². The fourth-order valence-corrected chi connectivity index (χ4v) is 8.70. The van der Waals surface area contributed by atoms with Crippen molar-refractivity contribution >= 4 is 67.1 Å². The van der Waals surface area contributed by atoms with E-state index in [1.165, 1.54) is 5.56 Å². The molecule has 1 N–H and O–H groups in total. The molecule has 260 valence electrons. The van der Waals surface area contributed by atoms with Gasteiger partial charge in [-0.1, -0.05) is 68.4 Å². The Hall–Kier alpha value is -2.36. The number of benzene rings is 3. The SMILES string of the molecule is COCCOCCOCCN(CC(C)(C)SSC)c1cc(CI)cc(COc2cc3c(cc2OC)C(=O)N2c4ccccc4C[C@H]2N3)c1. The summed E-state index contributed by atoms with van der Waals surface area (Å²) in [4.78, 5) is 17.9. The summed E-state index contributed by atoms with van der Waals surface area (Å²) in [5.74, 6) is 1.09. The van der Waals surface area contributed by atoms with Crippen LogP contribution in [-0.4, -0.2) is 83.4 Å². The van der Waals surface area contributed by atoms with Gasteiger partial charge >= 0.3 is 0 Å². The Morgan fingerprint density at radius 2 is 1.73 bits per heavy atom. The van der Waals surface area contributed by atoms with Crippen LogP contribution < -0.4 is 24.6 Å². The van der Waals surface area contributed by atoms with Crippen molar-refractivity contribution in [3.63, 3.8) is 0 Å². The minimum Gasteiger partial charge on any atom is -0.493 e. The van der Waals surface area contributed by atoms with Crippen molar-refractivity contribution < 1.29 is 28.5 Å². The molecule has 48 heavy (non-hydrogen) atoms. The molecule has 0 saturated heterocycles. The van der Waals surface area contributed by atoms with Crippen molar-refractivity contribution in [2.45, 2.75) is 42.2 Å². The van der Waals surface area contributed by atoms with E-state index in [1.54, 1.807) is 31.1 Å². The Balaban J connectivity index is 1.31. The average molecular weight is 808 g/mol. The molecule has 0 bridgehead atoms. The normalized spacial score (nSPS) is 15.1. The summed E-state index contributed by atoms with van der Waals surface area (Å²) in [5, 5.41) is 3.57. The van der Waals surface area contributed by atoms with E-state index in [0.717, 1.165) is 52.1 Å². The highest BCUT2D eigenvalue weighted by atomic mass is 127. The Labute approximate surface area is 306 Å². The fraction of sp³-hybridized carbons (Fsp3) is 0.472. The van der Waals surface area contributed by atoms with Gasteiger partial charge in [-0.3, -0.25) is 9.69 Å². The molecule has 9 nitrogen and oxygen atoms in total. The third kappa shape index (κ3) is 9.25. The molecule has 0 saturated carbocycles. The number of alkyl halides is 1. The molecule has 2 aliphatic rings. The summed E-state index contributed by atoms with van der Waals surface area (Å²) in [7, 11) is 6.95. The molecule has 2 heterocycles. The maximum Gasteiger partial charge on any atom is 0.262 e. The molecule has 0 fully saturated rings. The first-order chi connectivity index (χ1) is 23.3. The van der Waals surface area contributed by atoms with Gasteiger partial charge in [-0.25, -0.2) is 0 Å². The number of anilines is 3. The highest BCUT2D eigenvalue weighted by molar-refractivity contribution is 14.1. The second kappa shape index (κ2) is 17.5. The highest BCUT2D eigenvalue weighted by Gasteiger charge is 2.39. The van der Waals surface area contributed by atoms with Crippen molar-refractivity contribution in [2.75, 3.05) is 81.7 Å². The first-order valence-corrected chi connectivity index (χ1v) is 20.2. The highest BCUT2D eigenvalue weighted by Crippen LogP contribution is 2.42. The maximum absolute atomic E-state index is 13.7. The number of ether oxygens (including phenoxy) is 5. The van der Waals surface area contributed by atoms with E-state index < -0.39 is 0 Å². The lowest BCUT2D eigenvalue weighted by Gasteiger charge is -2.34. The molecule has 3 aromatic rings. The number of nitrogens with one attached hydrogen (secondary N) is 1. The Morgan fingerprint density at radius 3 is 2.48 bits per heavy atom. The number of fused-ring (bicyclic) bond motifs is 4. The van der Waals surface area contributed by atoms with E-state index in [0.29, 0.717) is 56.7 Å². The zero-order valence-corrected chi connectivity index (χ0v) is 32.2. The second-order valence-corrected chi connectivity index (χ2v) is 16.2. The number of methoxy groups -OCH3 is 2. The Bertz CT molecular complexity index is 1540. The largest absolute Gasteiger partial charge is 0.493 e. The van der Waals surface area contributed by atoms with Crippen LogP contribution in [0.2, 0.25) is 0 Å². The lowest BCUT2D eigenvalue weighted by molar-refractivity contribution is 0.0264. The van der Waals surface area contributed by atoms with Crippen LogP contribution in [0.15, 0.2) is 54.6 Å². The number of rotatable bonds is 19. The molecule has 2 aliphatic heterocycles. The van der Waals surface area contributed by atoms with E-state index in [2.05, 4.69) is 77.2 Å². The number of carbonyl (C=O) groups excluding carboxylic acids is 1. The van der Waals surface area contributed by atoms with Crippen LogP contribution in [0.4, 0.5) is 17.1 Å². The predicted octanol–water partition coefficient (Wildman–Crippen LogP) is 7.44. The van der Waals surface area contributed by atoms with Crippen LogP contribution in [0.25, 0.3) is 0 Å². The van der Waals surface area contributed by atoms with Gasteiger partial charge in [-0.05, 0) is 61.1 Å². The van der Waals surface area contributed by atoms with E-state index in [1.807, 2.05) is 40.0 Å². The standard InChI is InChI=1S/C36H46IN3O6S2/c1-36(2,48-47-5)24-39(10-11-44-14-15-45-13-12-42-3)28-17-25(22-37)16-26(18-28)23-46-33-21-30-29(20-32(33)43-4)35(41)40-31-9-7-6-8-27(31)19-34(40)38-30/h6-9,16-18,20-21,34,38H,10-15,19,22-24H2,1-5H3/t34-/m0/s1. The van der Waals surface area contributed by atoms with E-state index >= 15 is 0 Å². The molecule has 0 unspecified atom stereocenters. The monoisotopic (exact) mass is 807 g/mol. The van der Waals surface area contributed by atoms with Gasteiger partial charge in [0.1, 0.15) is 12.8 Å². The first kappa shape index (κ1) is 36.9. The summed E-state index contributed by atoms with van der Waals surface area (Å²) in [5.41, 5.74) is 6.88. The number of hydrogen-bond donors (Lipinski definition) is 1.